The van der Waals surface area contributed by atoms with Gasteiger partial charge in [0, 0.05) is 34.9 Å². The number of hydrogen-bond donors (Lipinski definition) is 1. The van der Waals surface area contributed by atoms with E-state index >= 15 is 0 Å². The number of hydrogen-bond acceptors (Lipinski definition) is 4. The van der Waals surface area contributed by atoms with Gasteiger partial charge in [-0.15, -0.1) is 0 Å². The van der Waals surface area contributed by atoms with Gasteiger partial charge in [-0.1, -0.05) is 25.1 Å². The average Bonchev–Trinajstić information content (AvgIpc) is 3.22. The highest BCUT2D eigenvalue weighted by molar-refractivity contribution is 8.18. The maximum Gasteiger partial charge on any atom is 0.293 e. The molecule has 0 saturated carbocycles. The average molecular weight is 437 g/mol. The molecule has 0 bridgehead atoms. The Bertz CT molecular complexity index is 1200. The molecule has 2 heterocycles. The van der Waals surface area contributed by atoms with Crippen LogP contribution in [0, 0.1) is 5.82 Å². The Hall–Kier alpha value is -3.39. The summed E-state index contributed by atoms with van der Waals surface area (Å²) in [5, 5.41) is 3.36. The minimum Gasteiger partial charge on any atom is -0.337 e. The highest BCUT2D eigenvalue weighted by Crippen LogP contribution is 2.34. The van der Waals surface area contributed by atoms with Crippen molar-refractivity contribution in [3.8, 4) is 0 Å². The molecular weight excluding hydrogens is 417 g/mol. The van der Waals surface area contributed by atoms with E-state index in [9.17, 15) is 18.8 Å². The number of aromatic nitrogens is 1. The van der Waals surface area contributed by atoms with Crippen LogP contribution in [-0.4, -0.2) is 33.1 Å². The van der Waals surface area contributed by atoms with Gasteiger partial charge in [0.2, 0.25) is 5.91 Å². The van der Waals surface area contributed by atoms with Gasteiger partial charge < -0.3 is 9.88 Å². The van der Waals surface area contributed by atoms with E-state index in [4.69, 9.17) is 0 Å². The summed E-state index contributed by atoms with van der Waals surface area (Å²) >= 11 is 0.931. The number of fused-ring (bicyclic) bond motifs is 1. The van der Waals surface area contributed by atoms with Crippen LogP contribution in [0.3, 0.4) is 0 Å². The molecule has 0 aliphatic carbocycles. The molecular formula is C23H20FN3O3S. The van der Waals surface area contributed by atoms with Gasteiger partial charge in [-0.05, 0) is 54.6 Å². The number of thioether (sulfide) groups is 1. The van der Waals surface area contributed by atoms with Crippen LogP contribution < -0.4 is 5.32 Å². The number of carbonyl (C=O) groups is 3. The lowest BCUT2D eigenvalue weighted by molar-refractivity contribution is -0.122. The molecule has 1 aromatic heterocycles. The van der Waals surface area contributed by atoms with Gasteiger partial charge in [0.05, 0.1) is 4.91 Å². The van der Waals surface area contributed by atoms with Crippen LogP contribution in [0.25, 0.3) is 17.0 Å². The van der Waals surface area contributed by atoms with Gasteiger partial charge in [0.15, 0.2) is 0 Å². The largest absolute Gasteiger partial charge is 0.337 e. The molecule has 1 saturated heterocycles. The summed E-state index contributed by atoms with van der Waals surface area (Å²) < 4.78 is 14.9. The molecule has 2 aromatic carbocycles. The smallest absolute Gasteiger partial charge is 0.293 e. The number of imide groups is 1. The molecule has 158 valence electrons. The van der Waals surface area contributed by atoms with Gasteiger partial charge >= 0.3 is 0 Å². The third-order valence-corrected chi connectivity index (χ3v) is 5.78. The minimum absolute atomic E-state index is 0.0447. The van der Waals surface area contributed by atoms with Crippen molar-refractivity contribution in [2.24, 2.45) is 0 Å². The third kappa shape index (κ3) is 4.39. The fraction of sp³-hybridized carbons (Fsp3) is 0.174. The van der Waals surface area contributed by atoms with Crippen LogP contribution >= 0.6 is 11.8 Å². The van der Waals surface area contributed by atoms with Crippen molar-refractivity contribution < 1.29 is 18.8 Å². The highest BCUT2D eigenvalue weighted by atomic mass is 32.2. The number of carbonyl (C=O) groups excluding carboxylic acids is 3. The number of nitrogens with zero attached hydrogens (tertiary/aromatic N) is 2. The number of nitrogens with one attached hydrogen (secondary N) is 1. The van der Waals surface area contributed by atoms with E-state index in [2.05, 4.69) is 5.32 Å². The summed E-state index contributed by atoms with van der Waals surface area (Å²) in [5.74, 6) is -0.924. The van der Waals surface area contributed by atoms with Crippen LogP contribution in [0.4, 0.5) is 14.9 Å². The molecule has 1 aliphatic rings. The van der Waals surface area contributed by atoms with Crippen molar-refractivity contribution in [2.45, 2.75) is 19.9 Å². The second kappa shape index (κ2) is 8.77. The standard InChI is InChI=1S/C23H20FN3O3S/c1-2-11-27-22(29)20(31-23(27)30)12-15-13-26(19-6-4-3-5-18(15)19)14-21(28)25-17-9-7-16(24)8-10-17/h3-10,12-13H,2,11,14H2,1H3,(H,25,28)/b20-12+. The normalized spacial score (nSPS) is 15.3. The molecule has 3 amide bonds. The zero-order chi connectivity index (χ0) is 22.0. The summed E-state index contributed by atoms with van der Waals surface area (Å²) in [6.07, 6.45) is 4.20. The maximum absolute atomic E-state index is 13.1. The lowest BCUT2D eigenvalue weighted by Gasteiger charge is -2.09. The number of benzene rings is 2. The van der Waals surface area contributed by atoms with Crippen LogP contribution in [0.15, 0.2) is 59.6 Å². The molecule has 31 heavy (non-hydrogen) atoms. The van der Waals surface area contributed by atoms with Crippen LogP contribution in [-0.2, 0) is 16.1 Å². The topological polar surface area (TPSA) is 71.4 Å². The predicted molar refractivity (Wildman–Crippen MR) is 120 cm³/mol. The maximum atomic E-state index is 13.1. The number of amides is 3. The summed E-state index contributed by atoms with van der Waals surface area (Å²) in [4.78, 5) is 38.9. The van der Waals surface area contributed by atoms with Crippen molar-refractivity contribution in [3.63, 3.8) is 0 Å². The van der Waals surface area contributed by atoms with E-state index in [1.165, 1.54) is 29.2 Å². The molecule has 1 N–H and O–H groups in total. The number of para-hydroxylation sites is 1. The van der Waals surface area contributed by atoms with E-state index in [-0.39, 0.29) is 29.4 Å². The molecule has 6 nitrogen and oxygen atoms in total. The fourth-order valence-corrected chi connectivity index (χ4v) is 4.32. The highest BCUT2D eigenvalue weighted by Gasteiger charge is 2.34. The molecule has 8 heteroatoms. The zero-order valence-electron chi connectivity index (χ0n) is 16.8. The van der Waals surface area contributed by atoms with Gasteiger partial charge in [-0.3, -0.25) is 19.3 Å². The molecule has 0 atom stereocenters. The van der Waals surface area contributed by atoms with Crippen molar-refractivity contribution >= 4 is 51.5 Å². The van der Waals surface area contributed by atoms with E-state index in [0.717, 1.165) is 28.2 Å². The van der Waals surface area contributed by atoms with Crippen LogP contribution in [0.1, 0.15) is 18.9 Å². The second-order valence-corrected chi connectivity index (χ2v) is 8.11. The summed E-state index contributed by atoms with van der Waals surface area (Å²) in [7, 11) is 0. The molecule has 1 fully saturated rings. The fourth-order valence-electron chi connectivity index (χ4n) is 3.47. The Labute approximate surface area is 182 Å². The SMILES string of the molecule is CCCN1C(=O)S/C(=C/c2cn(CC(=O)Nc3ccc(F)cc3)c3ccccc23)C1=O. The molecule has 4 rings (SSSR count). The van der Waals surface area contributed by atoms with Gasteiger partial charge in [0.1, 0.15) is 12.4 Å². The first kappa shape index (κ1) is 20.9. The van der Waals surface area contributed by atoms with E-state index in [0.29, 0.717) is 23.6 Å². The first-order valence-electron chi connectivity index (χ1n) is 9.85. The molecule has 0 spiro atoms. The van der Waals surface area contributed by atoms with Crippen molar-refractivity contribution in [1.82, 2.24) is 9.47 Å². The number of anilines is 1. The van der Waals surface area contributed by atoms with Gasteiger partial charge in [-0.25, -0.2) is 4.39 Å². The monoisotopic (exact) mass is 437 g/mol. The van der Waals surface area contributed by atoms with Crippen molar-refractivity contribution in [1.29, 1.82) is 0 Å². The predicted octanol–water partition coefficient (Wildman–Crippen LogP) is 4.87. The first-order chi connectivity index (χ1) is 15.0. The van der Waals surface area contributed by atoms with E-state index < -0.39 is 0 Å². The van der Waals surface area contributed by atoms with Crippen molar-refractivity contribution in [2.75, 3.05) is 11.9 Å². The Morgan fingerprint density at radius 1 is 1.13 bits per heavy atom. The molecule has 0 unspecified atom stereocenters. The molecule has 1 aliphatic heterocycles. The Morgan fingerprint density at radius 2 is 1.87 bits per heavy atom. The minimum atomic E-state index is -0.373. The molecule has 0 radical (unpaired) electrons. The van der Waals surface area contributed by atoms with Crippen LogP contribution in [0.2, 0.25) is 0 Å². The Balaban J connectivity index is 1.60. The van der Waals surface area contributed by atoms with Crippen molar-refractivity contribution in [3.05, 3.63) is 71.0 Å². The quantitative estimate of drug-likeness (QED) is 0.559. The lowest BCUT2D eigenvalue weighted by Crippen LogP contribution is -2.28. The third-order valence-electron chi connectivity index (χ3n) is 4.87. The van der Waals surface area contributed by atoms with Crippen LogP contribution in [0.5, 0.6) is 0 Å². The summed E-state index contributed by atoms with van der Waals surface area (Å²) in [6.45, 7) is 2.36. The first-order valence-corrected chi connectivity index (χ1v) is 10.7. The lowest BCUT2D eigenvalue weighted by atomic mass is 10.1. The van der Waals surface area contributed by atoms with Gasteiger partial charge in [-0.2, -0.15) is 0 Å². The summed E-state index contributed by atoms with van der Waals surface area (Å²) in [6, 6.07) is 13.1. The number of rotatable bonds is 6. The number of halogens is 1. The summed E-state index contributed by atoms with van der Waals surface area (Å²) in [5.41, 5.74) is 2.09. The van der Waals surface area contributed by atoms with E-state index in [1.54, 1.807) is 16.8 Å². The second-order valence-electron chi connectivity index (χ2n) is 7.12. The Morgan fingerprint density at radius 3 is 2.61 bits per heavy atom. The molecule has 3 aromatic rings. The Kier molecular flexibility index (Phi) is 5.90. The van der Waals surface area contributed by atoms with Gasteiger partial charge in [0.25, 0.3) is 11.1 Å². The zero-order valence-corrected chi connectivity index (χ0v) is 17.6. The van der Waals surface area contributed by atoms with E-state index in [1.807, 2.05) is 31.2 Å².